The number of piperidine rings is 1. The Hall–Kier alpha value is -3.02. The number of likely N-dealkylation sites (tertiary alicyclic amines) is 1. The summed E-state index contributed by atoms with van der Waals surface area (Å²) < 4.78 is 13.9. The Morgan fingerprint density at radius 3 is 2.40 bits per heavy atom. The lowest BCUT2D eigenvalue weighted by Crippen LogP contribution is -2.40. The van der Waals surface area contributed by atoms with E-state index in [1.165, 1.54) is 22.8 Å². The molecular weight excluding hydrogens is 437 g/mol. The largest absolute Gasteiger partial charge is 0.352 e. The van der Waals surface area contributed by atoms with E-state index < -0.39 is 0 Å². The van der Waals surface area contributed by atoms with E-state index in [1.54, 1.807) is 6.07 Å². The lowest BCUT2D eigenvalue weighted by molar-refractivity contribution is -0.126. The van der Waals surface area contributed by atoms with E-state index in [0.717, 1.165) is 63.1 Å². The lowest BCUT2D eigenvalue weighted by atomic mass is 9.95. The summed E-state index contributed by atoms with van der Waals surface area (Å²) in [4.78, 5) is 17.5. The number of hydrogen-bond donors (Lipinski definition) is 1. The van der Waals surface area contributed by atoms with Gasteiger partial charge in [-0.25, -0.2) is 4.39 Å². The number of nitrogens with one attached hydrogen (secondary N) is 1. The quantitative estimate of drug-likeness (QED) is 0.532. The molecule has 1 fully saturated rings. The van der Waals surface area contributed by atoms with Gasteiger partial charge in [-0.3, -0.25) is 14.6 Å². The van der Waals surface area contributed by atoms with Crippen molar-refractivity contribution in [3.8, 4) is 0 Å². The molecule has 2 aliphatic heterocycles. The third kappa shape index (κ3) is 6.16. The van der Waals surface area contributed by atoms with Crippen LogP contribution in [0.3, 0.4) is 0 Å². The number of rotatable bonds is 7. The summed E-state index contributed by atoms with van der Waals surface area (Å²) in [5.74, 6) is 0.0109. The van der Waals surface area contributed by atoms with E-state index in [9.17, 15) is 9.18 Å². The SMILES string of the molecule is O=C(NCc1cccc(CN2CCc3ccccc3C2)c1)C1CCN(Cc2ccccc2F)CC1. The summed E-state index contributed by atoms with van der Waals surface area (Å²) >= 11 is 0. The average molecular weight is 472 g/mol. The third-order valence-electron chi connectivity index (χ3n) is 7.38. The van der Waals surface area contributed by atoms with Crippen molar-refractivity contribution < 1.29 is 9.18 Å². The maximum absolute atomic E-state index is 13.9. The summed E-state index contributed by atoms with van der Waals surface area (Å²) in [6.45, 7) is 5.81. The van der Waals surface area contributed by atoms with Gasteiger partial charge in [0, 0.05) is 44.2 Å². The molecule has 5 rings (SSSR count). The van der Waals surface area contributed by atoms with E-state index in [2.05, 4.69) is 63.6 Å². The van der Waals surface area contributed by atoms with Crippen LogP contribution >= 0.6 is 0 Å². The van der Waals surface area contributed by atoms with Crippen LogP contribution in [0.5, 0.6) is 0 Å². The molecule has 0 saturated carbocycles. The highest BCUT2D eigenvalue weighted by Gasteiger charge is 2.25. The number of halogens is 1. The van der Waals surface area contributed by atoms with Crippen LogP contribution < -0.4 is 5.32 Å². The molecule has 35 heavy (non-hydrogen) atoms. The second kappa shape index (κ2) is 11.1. The van der Waals surface area contributed by atoms with Crippen molar-refractivity contribution in [1.29, 1.82) is 0 Å². The number of fused-ring (bicyclic) bond motifs is 1. The predicted molar refractivity (Wildman–Crippen MR) is 137 cm³/mol. The smallest absolute Gasteiger partial charge is 0.223 e. The van der Waals surface area contributed by atoms with Crippen molar-refractivity contribution in [2.45, 2.75) is 45.4 Å². The van der Waals surface area contributed by atoms with Crippen LogP contribution in [-0.2, 0) is 37.4 Å². The second-order valence-corrected chi connectivity index (χ2v) is 9.91. The van der Waals surface area contributed by atoms with Crippen molar-refractivity contribution in [2.75, 3.05) is 19.6 Å². The minimum absolute atomic E-state index is 0.0310. The summed E-state index contributed by atoms with van der Waals surface area (Å²) in [5.41, 5.74) is 6.06. The summed E-state index contributed by atoms with van der Waals surface area (Å²) in [6.07, 6.45) is 2.73. The zero-order chi connectivity index (χ0) is 24.0. The van der Waals surface area contributed by atoms with Crippen molar-refractivity contribution in [3.05, 3.63) is 106 Å². The Labute approximate surface area is 207 Å². The van der Waals surface area contributed by atoms with Gasteiger partial charge in [-0.05, 0) is 60.7 Å². The fraction of sp³-hybridized carbons (Fsp3) is 0.367. The highest BCUT2D eigenvalue weighted by atomic mass is 19.1. The monoisotopic (exact) mass is 471 g/mol. The van der Waals surface area contributed by atoms with E-state index in [-0.39, 0.29) is 17.6 Å². The van der Waals surface area contributed by atoms with E-state index >= 15 is 0 Å². The molecule has 0 bridgehead atoms. The molecule has 5 heteroatoms. The molecule has 2 aliphatic rings. The van der Waals surface area contributed by atoms with Crippen LogP contribution in [-0.4, -0.2) is 35.3 Å². The molecule has 0 aliphatic carbocycles. The zero-order valence-corrected chi connectivity index (χ0v) is 20.3. The number of carbonyl (C=O) groups excluding carboxylic acids is 1. The van der Waals surface area contributed by atoms with Gasteiger partial charge < -0.3 is 5.32 Å². The fourth-order valence-corrected chi connectivity index (χ4v) is 5.34. The van der Waals surface area contributed by atoms with Gasteiger partial charge in [0.2, 0.25) is 5.91 Å². The van der Waals surface area contributed by atoms with Crippen LogP contribution in [0, 0.1) is 11.7 Å². The highest BCUT2D eigenvalue weighted by molar-refractivity contribution is 5.78. The Bertz CT molecular complexity index is 1160. The average Bonchev–Trinajstić information content (AvgIpc) is 2.89. The van der Waals surface area contributed by atoms with Crippen molar-refractivity contribution >= 4 is 5.91 Å². The molecular formula is C30H34FN3O. The van der Waals surface area contributed by atoms with E-state index in [0.29, 0.717) is 13.1 Å². The predicted octanol–water partition coefficient (Wildman–Crippen LogP) is 4.91. The number of hydrogen-bond acceptors (Lipinski definition) is 3. The van der Waals surface area contributed by atoms with Gasteiger partial charge in [0.05, 0.1) is 0 Å². The first-order valence-electron chi connectivity index (χ1n) is 12.7. The first kappa shape index (κ1) is 23.7. The maximum Gasteiger partial charge on any atom is 0.223 e. The van der Waals surface area contributed by atoms with Gasteiger partial charge in [0.1, 0.15) is 5.82 Å². The van der Waals surface area contributed by atoms with Gasteiger partial charge >= 0.3 is 0 Å². The second-order valence-electron chi connectivity index (χ2n) is 9.91. The topological polar surface area (TPSA) is 35.6 Å². The van der Waals surface area contributed by atoms with Gasteiger partial charge in [0.15, 0.2) is 0 Å². The fourth-order valence-electron chi connectivity index (χ4n) is 5.34. The third-order valence-corrected chi connectivity index (χ3v) is 7.38. The molecule has 1 amide bonds. The normalized spacial score (nSPS) is 17.2. The Kier molecular flexibility index (Phi) is 7.55. The zero-order valence-electron chi connectivity index (χ0n) is 20.3. The Morgan fingerprint density at radius 1 is 0.829 bits per heavy atom. The number of nitrogens with zero attached hydrogens (tertiary/aromatic N) is 2. The molecule has 0 radical (unpaired) electrons. The maximum atomic E-state index is 13.9. The molecule has 3 aromatic carbocycles. The number of benzene rings is 3. The lowest BCUT2D eigenvalue weighted by Gasteiger charge is -2.31. The number of amides is 1. The minimum Gasteiger partial charge on any atom is -0.352 e. The van der Waals surface area contributed by atoms with Gasteiger partial charge in [0.25, 0.3) is 0 Å². The first-order valence-corrected chi connectivity index (χ1v) is 12.7. The van der Waals surface area contributed by atoms with Crippen LogP contribution in [0.25, 0.3) is 0 Å². The van der Waals surface area contributed by atoms with Crippen molar-refractivity contribution in [2.24, 2.45) is 5.92 Å². The number of carbonyl (C=O) groups is 1. The standard InChI is InChI=1S/C30H34FN3O/c31-29-11-4-3-10-28(29)22-33-15-13-26(14-16-33)30(35)32-19-23-6-5-7-24(18-23)20-34-17-12-25-8-1-2-9-27(25)21-34/h1-11,18,26H,12-17,19-22H2,(H,32,35). The Balaban J connectivity index is 1.08. The molecule has 1 saturated heterocycles. The van der Waals surface area contributed by atoms with Crippen LogP contribution in [0.1, 0.15) is 40.7 Å². The van der Waals surface area contributed by atoms with Crippen molar-refractivity contribution in [1.82, 2.24) is 15.1 Å². The van der Waals surface area contributed by atoms with Gasteiger partial charge in [-0.2, -0.15) is 0 Å². The molecule has 3 aromatic rings. The van der Waals surface area contributed by atoms with E-state index in [1.807, 2.05) is 12.1 Å². The van der Waals surface area contributed by atoms with E-state index in [4.69, 9.17) is 0 Å². The van der Waals surface area contributed by atoms with Crippen LogP contribution in [0.2, 0.25) is 0 Å². The minimum atomic E-state index is -0.153. The first-order chi connectivity index (χ1) is 17.1. The molecule has 0 atom stereocenters. The Morgan fingerprint density at radius 2 is 1.57 bits per heavy atom. The van der Waals surface area contributed by atoms with Crippen molar-refractivity contribution in [3.63, 3.8) is 0 Å². The molecule has 0 spiro atoms. The molecule has 182 valence electrons. The van der Waals surface area contributed by atoms with Gasteiger partial charge in [-0.15, -0.1) is 0 Å². The molecule has 4 nitrogen and oxygen atoms in total. The summed E-state index contributed by atoms with van der Waals surface area (Å²) in [6, 6.07) is 24.2. The molecule has 0 unspecified atom stereocenters. The molecule has 2 heterocycles. The molecule has 1 N–H and O–H groups in total. The van der Waals surface area contributed by atoms with Crippen LogP contribution in [0.4, 0.5) is 4.39 Å². The highest BCUT2D eigenvalue weighted by Crippen LogP contribution is 2.22. The van der Waals surface area contributed by atoms with Gasteiger partial charge in [-0.1, -0.05) is 66.7 Å². The molecule has 0 aromatic heterocycles. The van der Waals surface area contributed by atoms with Crippen LogP contribution in [0.15, 0.2) is 72.8 Å². The summed E-state index contributed by atoms with van der Waals surface area (Å²) in [7, 11) is 0. The summed E-state index contributed by atoms with van der Waals surface area (Å²) in [5, 5.41) is 3.16.